The fraction of sp³-hybridized carbons (Fsp3) is 0.0769. The molecule has 3 heteroatoms. The third-order valence-electron chi connectivity index (χ3n) is 2.43. The summed E-state index contributed by atoms with van der Waals surface area (Å²) < 4.78 is 0. The molecule has 0 bridgehead atoms. The first-order valence-electron chi connectivity index (χ1n) is 5.06. The first-order valence-corrected chi connectivity index (χ1v) is 5.06. The second kappa shape index (κ2) is 4.14. The molecule has 1 aromatic heterocycles. The molecule has 0 radical (unpaired) electrons. The minimum Gasteiger partial charge on any atom is -0.382 e. The molecule has 0 saturated carbocycles. The van der Waals surface area contributed by atoms with Crippen molar-refractivity contribution in [2.75, 3.05) is 5.73 Å². The van der Waals surface area contributed by atoms with E-state index in [1.54, 1.807) is 6.20 Å². The van der Waals surface area contributed by atoms with Crippen LogP contribution in [0, 0.1) is 0 Å². The molecule has 0 atom stereocenters. The van der Waals surface area contributed by atoms with Gasteiger partial charge >= 0.3 is 0 Å². The Morgan fingerprint density at radius 3 is 2.88 bits per heavy atom. The van der Waals surface area contributed by atoms with Crippen LogP contribution in [0.1, 0.15) is 12.5 Å². The van der Waals surface area contributed by atoms with Gasteiger partial charge in [0, 0.05) is 0 Å². The van der Waals surface area contributed by atoms with Crippen LogP contribution in [-0.2, 0) is 0 Å². The lowest BCUT2D eigenvalue weighted by Crippen LogP contribution is -1.93. The van der Waals surface area contributed by atoms with Crippen molar-refractivity contribution in [2.24, 2.45) is 0 Å². The topological polar surface area (TPSA) is 51.8 Å². The van der Waals surface area contributed by atoms with Crippen LogP contribution >= 0.6 is 0 Å². The van der Waals surface area contributed by atoms with Crippen LogP contribution in [0.15, 0.2) is 43.1 Å². The maximum Gasteiger partial charge on any atom is 0.142 e. The molecule has 2 N–H and O–H groups in total. The summed E-state index contributed by atoms with van der Waals surface area (Å²) in [5.41, 5.74) is 9.41. The van der Waals surface area contributed by atoms with E-state index in [1.165, 1.54) is 0 Å². The van der Waals surface area contributed by atoms with E-state index in [-0.39, 0.29) is 0 Å². The van der Waals surface area contributed by atoms with Gasteiger partial charge in [0.1, 0.15) is 5.82 Å². The van der Waals surface area contributed by atoms with Crippen molar-refractivity contribution in [1.82, 2.24) is 9.97 Å². The second-order valence-corrected chi connectivity index (χ2v) is 3.45. The third-order valence-corrected chi connectivity index (χ3v) is 2.43. The summed E-state index contributed by atoms with van der Waals surface area (Å²) >= 11 is 0. The molecule has 80 valence electrons. The van der Waals surface area contributed by atoms with E-state index in [9.17, 15) is 0 Å². The molecule has 0 aliphatic rings. The molecule has 0 fully saturated rings. The van der Waals surface area contributed by atoms with Gasteiger partial charge < -0.3 is 5.73 Å². The number of benzene rings is 1. The summed E-state index contributed by atoms with van der Waals surface area (Å²) in [4.78, 5) is 8.44. The standard InChI is InChI=1S/C13H13N3/c1-3-9(4-2)10-5-6-11-12(7-10)16-13(14)8-15-11/h3-8H,1H2,2H3,(H2,14,16). The molecular weight excluding hydrogens is 198 g/mol. The Morgan fingerprint density at radius 1 is 1.38 bits per heavy atom. The average molecular weight is 211 g/mol. The normalized spacial score (nSPS) is 11.7. The van der Waals surface area contributed by atoms with Crippen LogP contribution in [0.5, 0.6) is 0 Å². The number of fused-ring (bicyclic) bond motifs is 1. The molecule has 16 heavy (non-hydrogen) atoms. The van der Waals surface area contributed by atoms with Gasteiger partial charge in [-0.3, -0.25) is 4.98 Å². The van der Waals surface area contributed by atoms with Crippen LogP contribution in [0.3, 0.4) is 0 Å². The Labute approximate surface area is 94.3 Å². The monoisotopic (exact) mass is 211 g/mol. The second-order valence-electron chi connectivity index (χ2n) is 3.45. The number of hydrogen-bond acceptors (Lipinski definition) is 3. The third kappa shape index (κ3) is 1.80. The fourth-order valence-corrected chi connectivity index (χ4v) is 1.61. The molecule has 0 aliphatic carbocycles. The summed E-state index contributed by atoms with van der Waals surface area (Å²) in [5.74, 6) is 0.435. The van der Waals surface area contributed by atoms with Crippen molar-refractivity contribution >= 4 is 22.4 Å². The van der Waals surface area contributed by atoms with E-state index in [0.29, 0.717) is 5.82 Å². The number of nitrogens with zero attached hydrogens (tertiary/aromatic N) is 2. The van der Waals surface area contributed by atoms with Gasteiger partial charge in [-0.15, -0.1) is 0 Å². The molecule has 2 aromatic rings. The van der Waals surface area contributed by atoms with Gasteiger partial charge in [0.05, 0.1) is 17.2 Å². The summed E-state index contributed by atoms with van der Waals surface area (Å²) in [6.45, 7) is 5.76. The smallest absolute Gasteiger partial charge is 0.142 e. The zero-order chi connectivity index (χ0) is 11.5. The number of allylic oxidation sites excluding steroid dienone is 3. The number of hydrogen-bond donors (Lipinski definition) is 1. The van der Waals surface area contributed by atoms with Crippen molar-refractivity contribution in [3.63, 3.8) is 0 Å². The summed E-state index contributed by atoms with van der Waals surface area (Å²) in [6, 6.07) is 5.91. The predicted octanol–water partition coefficient (Wildman–Crippen LogP) is 2.80. The van der Waals surface area contributed by atoms with Gasteiger partial charge in [-0.25, -0.2) is 4.98 Å². The summed E-state index contributed by atoms with van der Waals surface area (Å²) in [7, 11) is 0. The largest absolute Gasteiger partial charge is 0.382 e. The highest BCUT2D eigenvalue weighted by molar-refractivity contribution is 5.83. The van der Waals surface area contributed by atoms with E-state index < -0.39 is 0 Å². The van der Waals surface area contributed by atoms with Crippen LogP contribution in [0.2, 0.25) is 0 Å². The number of aromatic nitrogens is 2. The van der Waals surface area contributed by atoms with Gasteiger partial charge in [0.25, 0.3) is 0 Å². The van der Waals surface area contributed by atoms with Crippen molar-refractivity contribution in [1.29, 1.82) is 0 Å². The molecule has 0 aliphatic heterocycles. The van der Waals surface area contributed by atoms with Crippen LogP contribution in [0.4, 0.5) is 5.82 Å². The first kappa shape index (κ1) is 10.4. The Balaban J connectivity index is 2.63. The van der Waals surface area contributed by atoms with Crippen molar-refractivity contribution < 1.29 is 0 Å². The van der Waals surface area contributed by atoms with Crippen LogP contribution in [-0.4, -0.2) is 9.97 Å². The first-order chi connectivity index (χ1) is 7.74. The molecule has 0 amide bonds. The molecule has 0 spiro atoms. The quantitative estimate of drug-likeness (QED) is 0.777. The van der Waals surface area contributed by atoms with Crippen LogP contribution in [0.25, 0.3) is 16.6 Å². The van der Waals surface area contributed by atoms with Crippen molar-refractivity contribution in [3.8, 4) is 0 Å². The summed E-state index contributed by atoms with van der Waals surface area (Å²) in [5, 5.41) is 0. The lowest BCUT2D eigenvalue weighted by atomic mass is 10.1. The maximum atomic E-state index is 5.61. The Kier molecular flexibility index (Phi) is 2.68. The van der Waals surface area contributed by atoms with Gasteiger partial charge in [-0.1, -0.05) is 24.8 Å². The highest BCUT2D eigenvalue weighted by atomic mass is 14.9. The zero-order valence-corrected chi connectivity index (χ0v) is 9.14. The summed E-state index contributed by atoms with van der Waals surface area (Å²) in [6.07, 6.45) is 5.39. The number of nitrogens with two attached hydrogens (primary N) is 1. The lowest BCUT2D eigenvalue weighted by Gasteiger charge is -2.03. The van der Waals surface area contributed by atoms with Crippen LogP contribution < -0.4 is 5.73 Å². The lowest BCUT2D eigenvalue weighted by molar-refractivity contribution is 1.30. The molecule has 3 nitrogen and oxygen atoms in total. The Hall–Kier alpha value is -2.16. The van der Waals surface area contributed by atoms with Gasteiger partial charge in [-0.2, -0.15) is 0 Å². The van der Waals surface area contributed by atoms with E-state index in [0.717, 1.165) is 22.2 Å². The Bertz CT molecular complexity index is 570. The minimum absolute atomic E-state index is 0.435. The zero-order valence-electron chi connectivity index (χ0n) is 9.14. The number of nitrogen functional groups attached to an aromatic ring is 1. The maximum absolute atomic E-state index is 5.61. The number of anilines is 1. The molecular formula is C13H13N3. The van der Waals surface area contributed by atoms with E-state index in [4.69, 9.17) is 5.73 Å². The van der Waals surface area contributed by atoms with E-state index in [2.05, 4.69) is 16.5 Å². The molecule has 1 heterocycles. The van der Waals surface area contributed by atoms with Gasteiger partial charge in [-0.05, 0) is 30.2 Å². The van der Waals surface area contributed by atoms with Crippen molar-refractivity contribution in [3.05, 3.63) is 48.7 Å². The molecule has 0 saturated heterocycles. The Morgan fingerprint density at radius 2 is 2.19 bits per heavy atom. The molecule has 1 aromatic carbocycles. The van der Waals surface area contributed by atoms with Gasteiger partial charge in [0.15, 0.2) is 0 Å². The number of rotatable bonds is 2. The van der Waals surface area contributed by atoms with E-state index >= 15 is 0 Å². The average Bonchev–Trinajstić information content (AvgIpc) is 2.30. The SMILES string of the molecule is C=CC(=CC)c1ccc2ncc(N)nc2c1. The van der Waals surface area contributed by atoms with Crippen molar-refractivity contribution in [2.45, 2.75) is 6.92 Å². The van der Waals surface area contributed by atoms with Gasteiger partial charge in [0.2, 0.25) is 0 Å². The highest BCUT2D eigenvalue weighted by Gasteiger charge is 2.01. The minimum atomic E-state index is 0.435. The highest BCUT2D eigenvalue weighted by Crippen LogP contribution is 2.20. The van der Waals surface area contributed by atoms with E-state index in [1.807, 2.05) is 37.3 Å². The predicted molar refractivity (Wildman–Crippen MR) is 67.8 cm³/mol. The molecule has 0 unspecified atom stereocenters. The molecule has 2 rings (SSSR count). The fourth-order valence-electron chi connectivity index (χ4n) is 1.61.